The van der Waals surface area contributed by atoms with Crippen LogP contribution in [0.1, 0.15) is 50.0 Å². The largest absolute Gasteiger partial charge is 0.483 e. The molecule has 0 aromatic heterocycles. The van der Waals surface area contributed by atoms with Crippen molar-refractivity contribution >= 4 is 39.1 Å². The molecule has 180 valence electrons. The van der Waals surface area contributed by atoms with Gasteiger partial charge in [0, 0.05) is 46.9 Å². The average molecular weight is 540 g/mol. The third-order valence-electron chi connectivity index (χ3n) is 6.43. The van der Waals surface area contributed by atoms with Crippen molar-refractivity contribution in [2.24, 2.45) is 0 Å². The highest BCUT2D eigenvalue weighted by Gasteiger charge is 2.42. The molecule has 2 aromatic rings. The number of nitrogens with one attached hydrogen (secondary N) is 1. The highest BCUT2D eigenvalue weighted by Crippen LogP contribution is 2.50. The van der Waals surface area contributed by atoms with Gasteiger partial charge in [-0.25, -0.2) is 4.39 Å². The Morgan fingerprint density at radius 2 is 1.66 bits per heavy atom. The quantitative estimate of drug-likeness (QED) is 0.524. The predicted molar refractivity (Wildman–Crippen MR) is 130 cm³/mol. The third kappa shape index (κ3) is 4.67. The fourth-order valence-corrected chi connectivity index (χ4v) is 5.28. The van der Waals surface area contributed by atoms with Gasteiger partial charge >= 0.3 is 0 Å². The fraction of sp³-hybridized carbons (Fsp3) is 0.296. The summed E-state index contributed by atoms with van der Waals surface area (Å²) in [7, 11) is 0. The van der Waals surface area contributed by atoms with Crippen LogP contribution in [-0.2, 0) is 19.1 Å². The first kappa shape index (κ1) is 23.5. The number of ketones is 2. The lowest BCUT2D eigenvalue weighted by molar-refractivity contribution is -0.119. The van der Waals surface area contributed by atoms with Gasteiger partial charge in [-0.3, -0.25) is 14.4 Å². The molecule has 6 nitrogen and oxygen atoms in total. The summed E-state index contributed by atoms with van der Waals surface area (Å²) in [4.78, 5) is 38.6. The normalized spacial score (nSPS) is 18.1. The van der Waals surface area contributed by atoms with E-state index in [1.807, 2.05) is 6.07 Å². The summed E-state index contributed by atoms with van der Waals surface area (Å²) in [5.41, 5.74) is 1.69. The molecule has 0 saturated carbocycles. The van der Waals surface area contributed by atoms with E-state index in [0.717, 1.165) is 4.47 Å². The zero-order chi connectivity index (χ0) is 24.5. The zero-order valence-corrected chi connectivity index (χ0v) is 20.5. The van der Waals surface area contributed by atoms with Gasteiger partial charge in [-0.05, 0) is 43.2 Å². The number of amides is 1. The van der Waals surface area contributed by atoms with Crippen LogP contribution in [-0.4, -0.2) is 24.1 Å². The number of rotatable bonds is 5. The van der Waals surface area contributed by atoms with Gasteiger partial charge in [0.25, 0.3) is 5.91 Å². The molecule has 1 N–H and O–H groups in total. The van der Waals surface area contributed by atoms with E-state index in [2.05, 4.69) is 21.2 Å². The second-order valence-corrected chi connectivity index (χ2v) is 9.68. The van der Waals surface area contributed by atoms with Crippen LogP contribution in [0, 0.1) is 5.82 Å². The molecule has 3 aliphatic rings. The maximum atomic E-state index is 13.9. The molecule has 0 unspecified atom stereocenters. The van der Waals surface area contributed by atoms with E-state index in [1.54, 1.807) is 18.2 Å². The Morgan fingerprint density at radius 3 is 2.31 bits per heavy atom. The minimum atomic E-state index is -0.614. The monoisotopic (exact) mass is 539 g/mol. The number of benzene rings is 2. The number of halogens is 2. The zero-order valence-electron chi connectivity index (χ0n) is 18.9. The van der Waals surface area contributed by atoms with Crippen molar-refractivity contribution in [3.05, 3.63) is 81.0 Å². The first-order valence-corrected chi connectivity index (χ1v) is 12.4. The average Bonchev–Trinajstić information content (AvgIpc) is 2.84. The van der Waals surface area contributed by atoms with E-state index in [-0.39, 0.29) is 23.9 Å². The van der Waals surface area contributed by atoms with Gasteiger partial charge in [0.1, 0.15) is 23.1 Å². The number of anilines is 1. The molecule has 0 bridgehead atoms. The van der Waals surface area contributed by atoms with Crippen molar-refractivity contribution in [1.29, 1.82) is 0 Å². The summed E-state index contributed by atoms with van der Waals surface area (Å²) in [5.74, 6) is -0.133. The number of Topliss-reactive ketones (excluding diaryl/α,β-unsaturated/α-hetero) is 2. The number of hydrogen-bond donors (Lipinski definition) is 1. The maximum absolute atomic E-state index is 13.9. The van der Waals surface area contributed by atoms with Gasteiger partial charge < -0.3 is 14.8 Å². The molecule has 35 heavy (non-hydrogen) atoms. The van der Waals surface area contributed by atoms with E-state index in [0.29, 0.717) is 72.5 Å². The SMILES string of the molecule is O=C(COc1ccc(Br)cc1C1C2=C(CCCC2=O)OC2=C1C(=O)CCC2)Nc1ccccc1F. The van der Waals surface area contributed by atoms with E-state index >= 15 is 0 Å². The van der Waals surface area contributed by atoms with E-state index in [4.69, 9.17) is 9.47 Å². The Bertz CT molecular complexity index is 1260. The van der Waals surface area contributed by atoms with Gasteiger partial charge in [-0.2, -0.15) is 0 Å². The number of hydrogen-bond acceptors (Lipinski definition) is 5. The molecule has 0 fully saturated rings. The second kappa shape index (κ2) is 9.77. The van der Waals surface area contributed by atoms with Crippen molar-refractivity contribution in [3.63, 3.8) is 0 Å². The Hall–Kier alpha value is -3.26. The number of carbonyl (C=O) groups excluding carboxylic acids is 3. The Balaban J connectivity index is 1.49. The smallest absolute Gasteiger partial charge is 0.262 e. The van der Waals surface area contributed by atoms with Gasteiger partial charge in [-0.15, -0.1) is 0 Å². The minimum Gasteiger partial charge on any atom is -0.483 e. The van der Waals surface area contributed by atoms with Crippen LogP contribution in [0.25, 0.3) is 0 Å². The molecule has 1 amide bonds. The molecule has 2 aromatic carbocycles. The van der Waals surface area contributed by atoms with Crippen molar-refractivity contribution in [2.45, 2.75) is 44.4 Å². The van der Waals surface area contributed by atoms with Gasteiger partial charge in [0.05, 0.1) is 11.6 Å². The lowest BCUT2D eigenvalue weighted by atomic mass is 9.73. The van der Waals surface area contributed by atoms with Crippen molar-refractivity contribution < 1.29 is 28.2 Å². The second-order valence-electron chi connectivity index (χ2n) is 8.76. The Kier molecular flexibility index (Phi) is 6.56. The van der Waals surface area contributed by atoms with E-state index in [1.165, 1.54) is 18.2 Å². The van der Waals surface area contributed by atoms with Crippen LogP contribution in [0.4, 0.5) is 10.1 Å². The minimum absolute atomic E-state index is 0.0376. The summed E-state index contributed by atoms with van der Waals surface area (Å²) in [6.45, 7) is -0.369. The van der Waals surface area contributed by atoms with Crippen LogP contribution < -0.4 is 10.1 Å². The number of para-hydroxylation sites is 1. The molecule has 2 aliphatic carbocycles. The van der Waals surface area contributed by atoms with Crippen LogP contribution >= 0.6 is 15.9 Å². The fourth-order valence-electron chi connectivity index (χ4n) is 4.90. The number of carbonyl (C=O) groups is 3. The summed E-state index contributed by atoms with van der Waals surface area (Å²) < 4.78 is 26.6. The molecular weight excluding hydrogens is 517 g/mol. The van der Waals surface area contributed by atoms with Crippen LogP contribution in [0.3, 0.4) is 0 Å². The van der Waals surface area contributed by atoms with Crippen molar-refractivity contribution in [3.8, 4) is 5.75 Å². The first-order valence-electron chi connectivity index (χ1n) is 11.6. The van der Waals surface area contributed by atoms with E-state index < -0.39 is 17.6 Å². The standard InChI is InChI=1S/C27H23BrFNO5/c28-15-11-12-21(34-14-24(33)30-18-6-2-1-5-17(18)29)16(13-15)25-26-19(31)7-3-9-22(26)35-23-10-4-8-20(32)27(23)25/h1-2,5-6,11-13,25H,3-4,7-10,14H2,(H,30,33). The summed E-state index contributed by atoms with van der Waals surface area (Å²) >= 11 is 3.49. The maximum Gasteiger partial charge on any atom is 0.262 e. The van der Waals surface area contributed by atoms with Crippen LogP contribution in [0.5, 0.6) is 5.75 Å². The molecule has 8 heteroatoms. The lowest BCUT2D eigenvalue weighted by Crippen LogP contribution is -2.30. The molecule has 0 saturated heterocycles. The van der Waals surface area contributed by atoms with E-state index in [9.17, 15) is 18.8 Å². The molecule has 0 radical (unpaired) electrons. The summed E-state index contributed by atoms with van der Waals surface area (Å²) in [6, 6.07) is 11.2. The van der Waals surface area contributed by atoms with Gasteiger partial charge in [0.2, 0.25) is 0 Å². The van der Waals surface area contributed by atoms with Gasteiger partial charge in [-0.1, -0.05) is 28.1 Å². The Morgan fingerprint density at radius 1 is 1.00 bits per heavy atom. The summed E-state index contributed by atoms with van der Waals surface area (Å²) in [5, 5.41) is 2.50. The van der Waals surface area contributed by atoms with Crippen LogP contribution in [0.2, 0.25) is 0 Å². The lowest BCUT2D eigenvalue weighted by Gasteiger charge is -2.36. The highest BCUT2D eigenvalue weighted by atomic mass is 79.9. The number of allylic oxidation sites excluding steroid dienone is 4. The molecule has 0 atom stereocenters. The Labute approximate surface area is 210 Å². The molecule has 5 rings (SSSR count). The molecular formula is C27H23BrFNO5. The topological polar surface area (TPSA) is 81.7 Å². The van der Waals surface area contributed by atoms with Crippen molar-refractivity contribution in [1.82, 2.24) is 0 Å². The van der Waals surface area contributed by atoms with Crippen LogP contribution in [0.15, 0.2) is 69.6 Å². The first-order chi connectivity index (χ1) is 16.9. The van der Waals surface area contributed by atoms with Crippen molar-refractivity contribution in [2.75, 3.05) is 11.9 Å². The molecule has 1 aliphatic heterocycles. The molecule has 1 heterocycles. The highest BCUT2D eigenvalue weighted by molar-refractivity contribution is 9.10. The van der Waals surface area contributed by atoms with Gasteiger partial charge in [0.15, 0.2) is 18.2 Å². The summed E-state index contributed by atoms with van der Waals surface area (Å²) in [6.07, 6.45) is 3.48. The predicted octanol–water partition coefficient (Wildman–Crippen LogP) is 5.73. The number of ether oxygens (including phenoxy) is 2. The third-order valence-corrected chi connectivity index (χ3v) is 6.92. The molecule has 0 spiro atoms.